The van der Waals surface area contributed by atoms with Gasteiger partial charge in [-0.1, -0.05) is 18.2 Å². The number of methoxy groups -OCH3 is 1. The first kappa shape index (κ1) is 14.1. The van der Waals surface area contributed by atoms with E-state index in [0.717, 1.165) is 16.3 Å². The Hall–Kier alpha value is -2.88. The molecule has 0 saturated heterocycles. The molecule has 0 unspecified atom stereocenters. The molecule has 0 aliphatic heterocycles. The number of benzene rings is 2. The molecule has 0 radical (unpaired) electrons. The van der Waals surface area contributed by atoms with Crippen molar-refractivity contribution < 1.29 is 14.3 Å². The summed E-state index contributed by atoms with van der Waals surface area (Å²) in [5.74, 6) is 0.944. The SMILES string of the molecule is COC(=O)c1ccc(C)c(Oc2cccc3ccncc23)c1. The van der Waals surface area contributed by atoms with Gasteiger partial charge in [-0.2, -0.15) is 0 Å². The van der Waals surface area contributed by atoms with E-state index in [4.69, 9.17) is 9.47 Å². The molecule has 3 aromatic rings. The molecule has 4 nitrogen and oxygen atoms in total. The Labute approximate surface area is 128 Å². The molecule has 4 heteroatoms. The molecule has 0 N–H and O–H groups in total. The molecule has 0 fully saturated rings. The van der Waals surface area contributed by atoms with Gasteiger partial charge in [0.15, 0.2) is 0 Å². The van der Waals surface area contributed by atoms with Crippen LogP contribution in [0, 0.1) is 6.92 Å². The van der Waals surface area contributed by atoms with Gasteiger partial charge in [-0.3, -0.25) is 4.98 Å². The van der Waals surface area contributed by atoms with Gasteiger partial charge >= 0.3 is 5.97 Å². The quantitative estimate of drug-likeness (QED) is 0.681. The Morgan fingerprint density at radius 2 is 1.95 bits per heavy atom. The minimum atomic E-state index is -0.385. The molecule has 1 aromatic heterocycles. The first-order valence-electron chi connectivity index (χ1n) is 6.88. The number of ether oxygens (including phenoxy) is 2. The fraction of sp³-hybridized carbons (Fsp3) is 0.111. The average Bonchev–Trinajstić information content (AvgIpc) is 2.56. The average molecular weight is 293 g/mol. The van der Waals surface area contributed by atoms with Crippen LogP contribution in [0.3, 0.4) is 0 Å². The third-order valence-electron chi connectivity index (χ3n) is 3.47. The predicted octanol–water partition coefficient (Wildman–Crippen LogP) is 4.12. The highest BCUT2D eigenvalue weighted by Gasteiger charge is 2.11. The molecule has 0 amide bonds. The molecule has 22 heavy (non-hydrogen) atoms. The van der Waals surface area contributed by atoms with Crippen LogP contribution in [0.2, 0.25) is 0 Å². The number of pyridine rings is 1. The highest BCUT2D eigenvalue weighted by molar-refractivity contribution is 5.90. The maximum atomic E-state index is 11.7. The largest absolute Gasteiger partial charge is 0.465 e. The Morgan fingerprint density at radius 3 is 2.77 bits per heavy atom. The van der Waals surface area contributed by atoms with E-state index in [1.165, 1.54) is 7.11 Å². The van der Waals surface area contributed by atoms with Gasteiger partial charge in [0.1, 0.15) is 11.5 Å². The fourth-order valence-corrected chi connectivity index (χ4v) is 2.25. The molecule has 0 saturated carbocycles. The number of carbonyl (C=O) groups excluding carboxylic acids is 1. The van der Waals surface area contributed by atoms with Crippen molar-refractivity contribution >= 4 is 16.7 Å². The number of nitrogens with zero attached hydrogens (tertiary/aromatic N) is 1. The monoisotopic (exact) mass is 293 g/mol. The first-order valence-corrected chi connectivity index (χ1v) is 6.88. The van der Waals surface area contributed by atoms with Gasteiger partial charge in [-0.25, -0.2) is 4.79 Å². The van der Waals surface area contributed by atoms with Crippen LogP contribution in [-0.2, 0) is 4.74 Å². The van der Waals surface area contributed by atoms with Crippen molar-refractivity contribution in [3.63, 3.8) is 0 Å². The van der Waals surface area contributed by atoms with Crippen LogP contribution in [0.25, 0.3) is 10.8 Å². The van der Waals surface area contributed by atoms with Gasteiger partial charge in [0, 0.05) is 17.8 Å². The summed E-state index contributed by atoms with van der Waals surface area (Å²) in [5.41, 5.74) is 1.40. The molecule has 0 bridgehead atoms. The molecule has 2 aromatic carbocycles. The van der Waals surface area contributed by atoms with Gasteiger partial charge in [-0.05, 0) is 42.1 Å². The van der Waals surface area contributed by atoms with Crippen LogP contribution in [0.15, 0.2) is 54.9 Å². The summed E-state index contributed by atoms with van der Waals surface area (Å²) in [6.07, 6.45) is 3.51. The lowest BCUT2D eigenvalue weighted by molar-refractivity contribution is 0.0600. The highest BCUT2D eigenvalue weighted by Crippen LogP contribution is 2.31. The zero-order valence-corrected chi connectivity index (χ0v) is 12.4. The van der Waals surface area contributed by atoms with Crippen molar-refractivity contribution in [2.45, 2.75) is 6.92 Å². The summed E-state index contributed by atoms with van der Waals surface area (Å²) in [6, 6.07) is 13.0. The van der Waals surface area contributed by atoms with Crippen LogP contribution >= 0.6 is 0 Å². The van der Waals surface area contributed by atoms with E-state index < -0.39 is 0 Å². The lowest BCUT2D eigenvalue weighted by atomic mass is 10.1. The third-order valence-corrected chi connectivity index (χ3v) is 3.47. The third kappa shape index (κ3) is 2.63. The fourth-order valence-electron chi connectivity index (χ4n) is 2.25. The van der Waals surface area contributed by atoms with E-state index >= 15 is 0 Å². The number of aromatic nitrogens is 1. The number of hydrogen-bond donors (Lipinski definition) is 0. The zero-order valence-electron chi connectivity index (χ0n) is 12.4. The summed E-state index contributed by atoms with van der Waals surface area (Å²) >= 11 is 0. The van der Waals surface area contributed by atoms with Gasteiger partial charge in [0.05, 0.1) is 12.7 Å². The first-order chi connectivity index (χ1) is 10.7. The highest BCUT2D eigenvalue weighted by atomic mass is 16.5. The van der Waals surface area contributed by atoms with E-state index in [1.807, 2.05) is 37.3 Å². The molecule has 0 atom stereocenters. The zero-order chi connectivity index (χ0) is 15.5. The summed E-state index contributed by atoms with van der Waals surface area (Å²) < 4.78 is 10.8. The van der Waals surface area contributed by atoms with Gasteiger partial charge < -0.3 is 9.47 Å². The van der Waals surface area contributed by atoms with Gasteiger partial charge in [0.2, 0.25) is 0 Å². The van der Waals surface area contributed by atoms with Crippen LogP contribution in [0.1, 0.15) is 15.9 Å². The summed E-state index contributed by atoms with van der Waals surface area (Å²) in [5, 5.41) is 1.97. The number of aryl methyl sites for hydroxylation is 1. The molecule has 3 rings (SSSR count). The van der Waals surface area contributed by atoms with Crippen LogP contribution < -0.4 is 4.74 Å². The summed E-state index contributed by atoms with van der Waals surface area (Å²) in [6.45, 7) is 1.93. The summed E-state index contributed by atoms with van der Waals surface area (Å²) in [4.78, 5) is 15.8. The second-order valence-corrected chi connectivity index (χ2v) is 4.93. The maximum Gasteiger partial charge on any atom is 0.337 e. The van der Waals surface area contributed by atoms with E-state index in [9.17, 15) is 4.79 Å². The topological polar surface area (TPSA) is 48.4 Å². The number of carbonyl (C=O) groups is 1. The van der Waals surface area contributed by atoms with Crippen molar-refractivity contribution in [1.29, 1.82) is 0 Å². The lowest BCUT2D eigenvalue weighted by Crippen LogP contribution is -2.01. The molecule has 0 aliphatic rings. The van der Waals surface area contributed by atoms with Crippen molar-refractivity contribution in [3.05, 3.63) is 66.0 Å². The Kier molecular flexibility index (Phi) is 3.74. The maximum absolute atomic E-state index is 11.7. The van der Waals surface area contributed by atoms with Crippen molar-refractivity contribution in [2.75, 3.05) is 7.11 Å². The number of rotatable bonds is 3. The Balaban J connectivity index is 2.03. The molecular formula is C18H15NO3. The van der Waals surface area contributed by atoms with Crippen molar-refractivity contribution in [1.82, 2.24) is 4.98 Å². The summed E-state index contributed by atoms with van der Waals surface area (Å²) in [7, 11) is 1.36. The van der Waals surface area contributed by atoms with Crippen LogP contribution in [0.4, 0.5) is 0 Å². The smallest absolute Gasteiger partial charge is 0.337 e. The van der Waals surface area contributed by atoms with Crippen molar-refractivity contribution in [3.8, 4) is 11.5 Å². The molecule has 0 aliphatic carbocycles. The number of fused-ring (bicyclic) bond motifs is 1. The Morgan fingerprint density at radius 1 is 1.09 bits per heavy atom. The molecular weight excluding hydrogens is 278 g/mol. The van der Waals surface area contributed by atoms with Crippen LogP contribution in [0.5, 0.6) is 11.5 Å². The molecule has 110 valence electrons. The van der Waals surface area contributed by atoms with Crippen molar-refractivity contribution in [2.24, 2.45) is 0 Å². The number of hydrogen-bond acceptors (Lipinski definition) is 4. The number of esters is 1. The lowest BCUT2D eigenvalue weighted by Gasteiger charge is -2.12. The van der Waals surface area contributed by atoms with E-state index in [-0.39, 0.29) is 5.97 Å². The minimum Gasteiger partial charge on any atom is -0.465 e. The van der Waals surface area contributed by atoms with Gasteiger partial charge in [0.25, 0.3) is 0 Å². The second kappa shape index (κ2) is 5.85. The Bertz CT molecular complexity index is 837. The second-order valence-electron chi connectivity index (χ2n) is 4.93. The van der Waals surface area contributed by atoms with E-state index in [2.05, 4.69) is 4.98 Å². The van der Waals surface area contributed by atoms with Gasteiger partial charge in [-0.15, -0.1) is 0 Å². The minimum absolute atomic E-state index is 0.385. The van der Waals surface area contributed by atoms with Crippen LogP contribution in [-0.4, -0.2) is 18.1 Å². The molecule has 0 spiro atoms. The predicted molar refractivity (Wildman–Crippen MR) is 84.3 cm³/mol. The normalized spacial score (nSPS) is 10.5. The van der Waals surface area contributed by atoms with E-state index in [0.29, 0.717) is 17.1 Å². The molecule has 1 heterocycles. The van der Waals surface area contributed by atoms with E-state index in [1.54, 1.807) is 24.5 Å². The standard InChI is InChI=1S/C18H15NO3/c1-12-6-7-14(18(20)21-2)10-17(12)22-16-5-3-4-13-8-9-19-11-15(13)16/h3-11H,1-2H3.